The Hall–Kier alpha value is 0.200. The Balaban J connectivity index is 0.000000320. The van der Waals surface area contributed by atoms with Crippen LogP contribution in [-0.4, -0.2) is 54.4 Å². The van der Waals surface area contributed by atoms with Crippen molar-refractivity contribution in [1.82, 2.24) is 21.3 Å². The molecule has 2 fully saturated rings. The van der Waals surface area contributed by atoms with Gasteiger partial charge in [-0.1, -0.05) is 108 Å². The van der Waals surface area contributed by atoms with Crippen LogP contribution in [0.3, 0.4) is 0 Å². The molecule has 0 radical (unpaired) electrons. The van der Waals surface area contributed by atoms with Gasteiger partial charge in [0.2, 0.25) is 7.59 Å². The summed E-state index contributed by atoms with van der Waals surface area (Å²) in [6, 6.07) is -0.161. The lowest BCUT2D eigenvalue weighted by atomic mass is 9.95. The van der Waals surface area contributed by atoms with Gasteiger partial charge in [0, 0.05) is 12.1 Å². The van der Waals surface area contributed by atoms with Gasteiger partial charge in [-0.15, -0.1) is 0 Å². The van der Waals surface area contributed by atoms with Gasteiger partial charge in [0.1, 0.15) is 0 Å². The van der Waals surface area contributed by atoms with E-state index in [-0.39, 0.29) is 6.03 Å². The van der Waals surface area contributed by atoms with E-state index in [0.717, 1.165) is 25.7 Å². The monoisotopic (exact) mass is 576 g/mol. The highest BCUT2D eigenvalue weighted by Crippen LogP contribution is 2.30. The molecule has 0 aromatic carbocycles. The summed E-state index contributed by atoms with van der Waals surface area (Å²) in [5, 5.41) is 28.1. The number of rotatable bonds is 4. The highest BCUT2D eigenvalue weighted by Gasteiger charge is 2.35. The van der Waals surface area contributed by atoms with Gasteiger partial charge in [-0.3, -0.25) is 0 Å². The van der Waals surface area contributed by atoms with Gasteiger partial charge in [0.15, 0.2) is 12.5 Å². The largest absolute Gasteiger partial charge is 0.369 e. The number of urea groups is 2. The van der Waals surface area contributed by atoms with Crippen LogP contribution in [-0.2, 0) is 0 Å². The first kappa shape index (κ1) is 30.2. The van der Waals surface area contributed by atoms with Gasteiger partial charge in [-0.05, 0) is 25.7 Å². The summed E-state index contributed by atoms with van der Waals surface area (Å²) in [4.78, 5) is 22.8. The fraction of sp³-hybridized carbons (Fsp3) is 0.889. The van der Waals surface area contributed by atoms with Gasteiger partial charge in [0.25, 0.3) is 0 Å². The van der Waals surface area contributed by atoms with Gasteiger partial charge in [-0.25, -0.2) is 9.59 Å². The first-order chi connectivity index (χ1) is 14.8. The molecule has 0 bridgehead atoms. The van der Waals surface area contributed by atoms with Crippen molar-refractivity contribution in [3.8, 4) is 0 Å². The molecule has 8 nitrogen and oxygen atoms in total. The SMILES string of the molecule is O=C(NC(O)C(Cl)(Cl)Cl)NC(O)C(Cl)(Cl)Cl.O=C(NC1CCCCC1)NC1CCCCC1. The molecular weight excluding hydrogens is 549 g/mol. The lowest BCUT2D eigenvalue weighted by Crippen LogP contribution is -2.53. The Labute approximate surface area is 218 Å². The molecule has 0 aliphatic heterocycles. The zero-order chi connectivity index (χ0) is 24.4. The van der Waals surface area contributed by atoms with Crippen molar-refractivity contribution in [2.24, 2.45) is 0 Å². The summed E-state index contributed by atoms with van der Waals surface area (Å²) < 4.78 is -4.25. The van der Waals surface area contributed by atoms with Crippen LogP contribution in [0.1, 0.15) is 64.2 Å². The van der Waals surface area contributed by atoms with Crippen LogP contribution in [0.4, 0.5) is 9.59 Å². The molecule has 0 heterocycles. The van der Waals surface area contributed by atoms with E-state index in [0.29, 0.717) is 12.1 Å². The number of hydrogen-bond acceptors (Lipinski definition) is 4. The summed E-state index contributed by atoms with van der Waals surface area (Å²) in [5.74, 6) is 0. The predicted molar refractivity (Wildman–Crippen MR) is 130 cm³/mol. The van der Waals surface area contributed by atoms with E-state index in [4.69, 9.17) is 79.8 Å². The number of amides is 4. The maximum atomic E-state index is 11.8. The Kier molecular flexibility index (Phi) is 13.8. The first-order valence-corrected chi connectivity index (χ1v) is 12.7. The highest BCUT2D eigenvalue weighted by atomic mass is 35.6. The smallest absolute Gasteiger partial charge is 0.319 e. The molecule has 2 aliphatic rings. The summed E-state index contributed by atoms with van der Waals surface area (Å²) in [7, 11) is 0. The van der Waals surface area contributed by atoms with Crippen molar-refractivity contribution in [1.29, 1.82) is 0 Å². The van der Waals surface area contributed by atoms with Crippen molar-refractivity contribution in [2.75, 3.05) is 0 Å². The lowest BCUT2D eigenvalue weighted by Gasteiger charge is -2.26. The van der Waals surface area contributed by atoms with Crippen molar-refractivity contribution in [2.45, 2.75) is 96.3 Å². The molecule has 2 aliphatic carbocycles. The lowest BCUT2D eigenvalue weighted by molar-refractivity contribution is 0.120. The molecule has 32 heavy (non-hydrogen) atoms. The molecule has 6 N–H and O–H groups in total. The van der Waals surface area contributed by atoms with Crippen molar-refractivity contribution in [3.63, 3.8) is 0 Å². The molecule has 2 atom stereocenters. The maximum Gasteiger partial charge on any atom is 0.319 e. The first-order valence-electron chi connectivity index (χ1n) is 10.4. The predicted octanol–water partition coefficient (Wildman–Crippen LogP) is 4.61. The topological polar surface area (TPSA) is 123 Å². The average Bonchev–Trinajstić information content (AvgIpc) is 2.68. The van der Waals surface area contributed by atoms with E-state index < -0.39 is 26.1 Å². The Morgan fingerprint density at radius 3 is 1.22 bits per heavy atom. The highest BCUT2D eigenvalue weighted by molar-refractivity contribution is 6.68. The minimum absolute atomic E-state index is 0.0683. The third kappa shape index (κ3) is 13.2. The van der Waals surface area contributed by atoms with Crippen LogP contribution in [0.5, 0.6) is 0 Å². The Morgan fingerprint density at radius 2 is 0.938 bits per heavy atom. The number of aliphatic hydroxyl groups is 2. The second kappa shape index (κ2) is 14.6. The zero-order valence-electron chi connectivity index (χ0n) is 17.4. The molecule has 188 valence electrons. The van der Waals surface area contributed by atoms with Crippen molar-refractivity contribution >= 4 is 81.7 Å². The molecule has 2 saturated carbocycles. The number of carbonyl (C=O) groups excluding carboxylic acids is 2. The van der Waals surface area contributed by atoms with Crippen LogP contribution >= 0.6 is 69.6 Å². The molecule has 2 unspecified atom stereocenters. The van der Waals surface area contributed by atoms with Crippen LogP contribution in [0, 0.1) is 0 Å². The fourth-order valence-electron chi connectivity index (χ4n) is 3.36. The molecule has 2 rings (SSSR count). The van der Waals surface area contributed by atoms with Gasteiger partial charge < -0.3 is 31.5 Å². The second-order valence-electron chi connectivity index (χ2n) is 7.79. The molecule has 0 aromatic heterocycles. The van der Waals surface area contributed by atoms with Crippen LogP contribution < -0.4 is 21.3 Å². The summed E-state index contributed by atoms with van der Waals surface area (Å²) >= 11 is 31.5. The summed E-state index contributed by atoms with van der Waals surface area (Å²) in [5.41, 5.74) is 0. The van der Waals surface area contributed by atoms with Gasteiger partial charge in [0.05, 0.1) is 0 Å². The minimum atomic E-state index is -2.12. The number of hydrogen-bond donors (Lipinski definition) is 6. The van der Waals surface area contributed by atoms with Crippen molar-refractivity contribution < 1.29 is 19.8 Å². The van der Waals surface area contributed by atoms with E-state index in [1.807, 2.05) is 0 Å². The van der Waals surface area contributed by atoms with Crippen LogP contribution in [0.25, 0.3) is 0 Å². The third-order valence-corrected chi connectivity index (χ3v) is 6.28. The molecule has 0 spiro atoms. The van der Waals surface area contributed by atoms with E-state index in [1.165, 1.54) is 38.5 Å². The average molecular weight is 579 g/mol. The van der Waals surface area contributed by atoms with Crippen molar-refractivity contribution in [3.05, 3.63) is 0 Å². The van der Waals surface area contributed by atoms with Crippen LogP contribution in [0.2, 0.25) is 0 Å². The maximum absolute atomic E-state index is 11.8. The van der Waals surface area contributed by atoms with E-state index >= 15 is 0 Å². The van der Waals surface area contributed by atoms with Gasteiger partial charge >= 0.3 is 12.1 Å². The quantitative estimate of drug-likeness (QED) is 0.215. The summed E-state index contributed by atoms with van der Waals surface area (Å²) in [6.07, 6.45) is 8.84. The minimum Gasteiger partial charge on any atom is -0.369 e. The molecule has 0 saturated heterocycles. The van der Waals surface area contributed by atoms with E-state index in [9.17, 15) is 9.59 Å². The third-order valence-electron chi connectivity index (χ3n) is 5.04. The van der Waals surface area contributed by atoms with E-state index in [1.54, 1.807) is 10.6 Å². The van der Waals surface area contributed by atoms with Crippen LogP contribution in [0.15, 0.2) is 0 Å². The Morgan fingerprint density at radius 1 is 0.625 bits per heavy atom. The van der Waals surface area contributed by atoms with Gasteiger partial charge in [-0.2, -0.15) is 0 Å². The second-order valence-corrected chi connectivity index (χ2v) is 12.5. The number of nitrogens with one attached hydrogen (secondary N) is 4. The van der Waals surface area contributed by atoms with E-state index in [2.05, 4.69) is 10.6 Å². The number of alkyl halides is 6. The standard InChI is InChI=1S/C13H24N2O.C5H6Cl6N2O3/c16-13(14-11-7-3-1-4-8-11)15-12-9-5-2-6-10-12;6-4(7,8)1(14)12-3(16)13-2(15)5(9,10)11/h11-12H,1-10H2,(H2,14,15,16);1-2,14-15H,(H2,12,13,16). The Bertz CT molecular complexity index is 533. The molecule has 4 amide bonds. The molecule has 0 aromatic rings. The fourth-order valence-corrected chi connectivity index (χ4v) is 3.69. The molecular formula is C18H30Cl6N4O4. The number of aliphatic hydroxyl groups excluding tert-OH is 2. The normalized spacial score (nSPS) is 20.2. The number of carbonyl (C=O) groups is 2. The molecule has 14 heteroatoms. The zero-order valence-corrected chi connectivity index (χ0v) is 21.9. The summed E-state index contributed by atoms with van der Waals surface area (Å²) in [6.45, 7) is 0. The number of halogens is 6.